The van der Waals surface area contributed by atoms with Crippen LogP contribution in [0.1, 0.15) is 46.5 Å². The molecule has 1 amide bonds. The first-order valence-electron chi connectivity index (χ1n) is 5.85. The first kappa shape index (κ1) is 13.0. The molecule has 2 atom stereocenters. The van der Waals surface area contributed by atoms with Gasteiger partial charge in [0.1, 0.15) is 6.04 Å². The zero-order valence-corrected chi connectivity index (χ0v) is 10.2. The molecule has 1 aliphatic rings. The summed E-state index contributed by atoms with van der Waals surface area (Å²) in [5.41, 5.74) is 0.201. The van der Waals surface area contributed by atoms with Gasteiger partial charge in [-0.2, -0.15) is 0 Å². The van der Waals surface area contributed by atoms with Crippen molar-refractivity contribution in [3.63, 3.8) is 0 Å². The fourth-order valence-corrected chi connectivity index (χ4v) is 2.31. The van der Waals surface area contributed by atoms with Crippen molar-refractivity contribution in [1.29, 1.82) is 0 Å². The molecule has 0 aromatic carbocycles. The van der Waals surface area contributed by atoms with Gasteiger partial charge in [-0.05, 0) is 31.6 Å². The van der Waals surface area contributed by atoms with Gasteiger partial charge in [0, 0.05) is 5.92 Å². The molecule has 1 aliphatic carbocycles. The smallest absolute Gasteiger partial charge is 0.325 e. The molecule has 4 heteroatoms. The van der Waals surface area contributed by atoms with Gasteiger partial charge in [-0.1, -0.05) is 20.3 Å². The van der Waals surface area contributed by atoms with E-state index in [1.165, 1.54) is 6.92 Å². The molecular weight excluding hydrogens is 206 g/mol. The van der Waals surface area contributed by atoms with E-state index in [4.69, 9.17) is 5.11 Å². The summed E-state index contributed by atoms with van der Waals surface area (Å²) in [5, 5.41) is 11.3. The van der Waals surface area contributed by atoms with Crippen molar-refractivity contribution in [1.82, 2.24) is 5.32 Å². The molecule has 1 fully saturated rings. The molecule has 0 aliphatic heterocycles. The second-order valence-corrected chi connectivity index (χ2v) is 5.53. The standard InChI is InChI=1S/C12H21NO3/c1-8(11(15)16)13-10(14)9-5-4-6-12(2,3)7-9/h8-9H,4-7H2,1-3H3,(H,13,14)(H,15,16)/t8-,9?/m0/s1. The van der Waals surface area contributed by atoms with E-state index in [1.807, 2.05) is 0 Å². The molecule has 1 unspecified atom stereocenters. The summed E-state index contributed by atoms with van der Waals surface area (Å²) in [6, 6.07) is -0.794. The third-order valence-corrected chi connectivity index (χ3v) is 3.31. The number of carbonyl (C=O) groups is 2. The Hall–Kier alpha value is -1.06. The van der Waals surface area contributed by atoms with Crippen LogP contribution in [0.3, 0.4) is 0 Å². The third kappa shape index (κ3) is 3.51. The van der Waals surface area contributed by atoms with Crippen LogP contribution in [0.15, 0.2) is 0 Å². The number of carbonyl (C=O) groups excluding carboxylic acids is 1. The van der Waals surface area contributed by atoms with Crippen molar-refractivity contribution in [2.24, 2.45) is 11.3 Å². The Morgan fingerprint density at radius 2 is 2.06 bits per heavy atom. The van der Waals surface area contributed by atoms with Gasteiger partial charge in [0.05, 0.1) is 0 Å². The monoisotopic (exact) mass is 227 g/mol. The maximum Gasteiger partial charge on any atom is 0.325 e. The molecule has 16 heavy (non-hydrogen) atoms. The van der Waals surface area contributed by atoms with Crippen molar-refractivity contribution in [3.05, 3.63) is 0 Å². The Bertz CT molecular complexity index is 286. The summed E-state index contributed by atoms with van der Waals surface area (Å²) in [7, 11) is 0. The van der Waals surface area contributed by atoms with E-state index >= 15 is 0 Å². The van der Waals surface area contributed by atoms with Crippen LogP contribution in [0.4, 0.5) is 0 Å². The number of nitrogens with one attached hydrogen (secondary N) is 1. The molecule has 1 rings (SSSR count). The maximum atomic E-state index is 11.8. The number of aliphatic carboxylic acids is 1. The first-order chi connectivity index (χ1) is 7.32. The van der Waals surface area contributed by atoms with Crippen molar-refractivity contribution < 1.29 is 14.7 Å². The zero-order chi connectivity index (χ0) is 12.3. The number of hydrogen-bond donors (Lipinski definition) is 2. The Labute approximate surface area is 96.4 Å². The van der Waals surface area contributed by atoms with E-state index in [1.54, 1.807) is 0 Å². The van der Waals surface area contributed by atoms with Crippen molar-refractivity contribution in [2.45, 2.75) is 52.5 Å². The number of carboxylic acids is 1. The van der Waals surface area contributed by atoms with Crippen LogP contribution in [0, 0.1) is 11.3 Å². The lowest BCUT2D eigenvalue weighted by molar-refractivity contribution is -0.142. The lowest BCUT2D eigenvalue weighted by Crippen LogP contribution is -2.43. The molecule has 0 aromatic heterocycles. The quantitative estimate of drug-likeness (QED) is 0.772. The molecule has 2 N–H and O–H groups in total. The molecule has 0 bridgehead atoms. The minimum absolute atomic E-state index is 0.0226. The largest absolute Gasteiger partial charge is 0.480 e. The van der Waals surface area contributed by atoms with E-state index in [0.717, 1.165) is 25.7 Å². The Morgan fingerprint density at radius 1 is 1.44 bits per heavy atom. The van der Waals surface area contributed by atoms with Crippen LogP contribution in [0.2, 0.25) is 0 Å². The fourth-order valence-electron chi connectivity index (χ4n) is 2.31. The number of rotatable bonds is 3. The predicted molar refractivity (Wildman–Crippen MR) is 61.0 cm³/mol. The maximum absolute atomic E-state index is 11.8. The second-order valence-electron chi connectivity index (χ2n) is 5.53. The molecule has 0 spiro atoms. The van der Waals surface area contributed by atoms with Crippen molar-refractivity contribution in [2.75, 3.05) is 0 Å². The minimum atomic E-state index is -0.983. The highest BCUT2D eigenvalue weighted by Crippen LogP contribution is 2.38. The third-order valence-electron chi connectivity index (χ3n) is 3.31. The molecule has 92 valence electrons. The highest BCUT2D eigenvalue weighted by Gasteiger charge is 2.32. The highest BCUT2D eigenvalue weighted by molar-refractivity contribution is 5.84. The van der Waals surface area contributed by atoms with E-state index in [-0.39, 0.29) is 17.2 Å². The Balaban J connectivity index is 2.51. The summed E-state index contributed by atoms with van der Waals surface area (Å²) in [6.45, 7) is 5.81. The minimum Gasteiger partial charge on any atom is -0.480 e. The summed E-state index contributed by atoms with van der Waals surface area (Å²) in [4.78, 5) is 22.5. The van der Waals surface area contributed by atoms with E-state index in [0.29, 0.717) is 0 Å². The summed E-state index contributed by atoms with van der Waals surface area (Å²) in [6.07, 6.45) is 3.92. The summed E-state index contributed by atoms with van der Waals surface area (Å²) in [5.74, 6) is -1.11. The Kier molecular flexibility index (Phi) is 3.94. The average molecular weight is 227 g/mol. The predicted octanol–water partition coefficient (Wildman–Crippen LogP) is 1.79. The fraction of sp³-hybridized carbons (Fsp3) is 0.833. The van der Waals surface area contributed by atoms with Gasteiger partial charge in [0.15, 0.2) is 0 Å². The van der Waals surface area contributed by atoms with Gasteiger partial charge >= 0.3 is 5.97 Å². The van der Waals surface area contributed by atoms with Crippen LogP contribution < -0.4 is 5.32 Å². The second kappa shape index (κ2) is 4.85. The van der Waals surface area contributed by atoms with E-state index in [9.17, 15) is 9.59 Å². The molecule has 0 saturated heterocycles. The molecule has 0 aromatic rings. The Morgan fingerprint density at radius 3 is 2.56 bits per heavy atom. The first-order valence-corrected chi connectivity index (χ1v) is 5.85. The average Bonchev–Trinajstić information content (AvgIpc) is 2.15. The SMILES string of the molecule is C[C@H](NC(=O)C1CCCC(C)(C)C1)C(=O)O. The molecule has 1 saturated carbocycles. The van der Waals surface area contributed by atoms with Crippen LogP contribution in [0.5, 0.6) is 0 Å². The topological polar surface area (TPSA) is 66.4 Å². The highest BCUT2D eigenvalue weighted by atomic mass is 16.4. The van der Waals surface area contributed by atoms with Gasteiger partial charge in [0.25, 0.3) is 0 Å². The lowest BCUT2D eigenvalue weighted by atomic mass is 9.72. The number of hydrogen-bond acceptors (Lipinski definition) is 2. The summed E-state index contributed by atoms with van der Waals surface area (Å²) < 4.78 is 0. The number of amides is 1. The van der Waals surface area contributed by atoms with Crippen molar-refractivity contribution in [3.8, 4) is 0 Å². The van der Waals surface area contributed by atoms with Crippen molar-refractivity contribution >= 4 is 11.9 Å². The molecule has 4 nitrogen and oxygen atoms in total. The zero-order valence-electron chi connectivity index (χ0n) is 10.2. The lowest BCUT2D eigenvalue weighted by Gasteiger charge is -2.34. The van der Waals surface area contributed by atoms with E-state index < -0.39 is 12.0 Å². The van der Waals surface area contributed by atoms with Crippen LogP contribution in [0.25, 0.3) is 0 Å². The van der Waals surface area contributed by atoms with E-state index in [2.05, 4.69) is 19.2 Å². The van der Waals surface area contributed by atoms with Gasteiger partial charge < -0.3 is 10.4 Å². The summed E-state index contributed by atoms with van der Waals surface area (Å²) >= 11 is 0. The number of carboxylic acid groups (broad SMARTS) is 1. The van der Waals surface area contributed by atoms with Gasteiger partial charge in [-0.25, -0.2) is 0 Å². The molecule has 0 radical (unpaired) electrons. The van der Waals surface area contributed by atoms with Gasteiger partial charge in [-0.15, -0.1) is 0 Å². The van der Waals surface area contributed by atoms with Crippen LogP contribution in [-0.2, 0) is 9.59 Å². The molecule has 0 heterocycles. The van der Waals surface area contributed by atoms with Crippen LogP contribution in [-0.4, -0.2) is 23.0 Å². The van der Waals surface area contributed by atoms with Gasteiger partial charge in [-0.3, -0.25) is 9.59 Å². The van der Waals surface area contributed by atoms with Gasteiger partial charge in [0.2, 0.25) is 5.91 Å². The molecular formula is C12H21NO3. The normalized spacial score (nSPS) is 25.8. The van der Waals surface area contributed by atoms with Crippen LogP contribution >= 0.6 is 0 Å².